The molecule has 1 heterocycles. The van der Waals surface area contributed by atoms with E-state index in [1.807, 2.05) is 13.8 Å². The zero-order valence-corrected chi connectivity index (χ0v) is 8.40. The van der Waals surface area contributed by atoms with Crippen LogP contribution in [0.3, 0.4) is 0 Å². The Morgan fingerprint density at radius 1 is 1.71 bits per heavy atom. The van der Waals surface area contributed by atoms with E-state index in [-0.39, 0.29) is 12.5 Å². The fourth-order valence-electron chi connectivity index (χ4n) is 1.48. The van der Waals surface area contributed by atoms with Crippen molar-refractivity contribution in [3.8, 4) is 0 Å². The Morgan fingerprint density at radius 3 is 2.86 bits per heavy atom. The van der Waals surface area contributed by atoms with Crippen molar-refractivity contribution >= 4 is 12.1 Å². The van der Waals surface area contributed by atoms with Crippen molar-refractivity contribution in [3.63, 3.8) is 0 Å². The predicted octanol–water partition coefficient (Wildman–Crippen LogP) is 0.938. The Labute approximate surface area is 82.6 Å². The van der Waals surface area contributed by atoms with Gasteiger partial charge in [0.15, 0.2) is 0 Å². The van der Waals surface area contributed by atoms with Gasteiger partial charge in [0.05, 0.1) is 6.61 Å². The molecule has 1 saturated heterocycles. The highest BCUT2D eigenvalue weighted by atomic mass is 16.6. The Balaban J connectivity index is 2.70. The first-order valence-corrected chi connectivity index (χ1v) is 4.68. The average Bonchev–Trinajstić information content (AvgIpc) is 2.07. The molecule has 1 aliphatic heterocycles. The summed E-state index contributed by atoms with van der Waals surface area (Å²) in [5.41, 5.74) is 0. The van der Waals surface area contributed by atoms with E-state index < -0.39 is 18.1 Å². The number of carbonyl (C=O) groups excluding carboxylic acids is 1. The molecule has 0 spiro atoms. The van der Waals surface area contributed by atoms with Crippen LogP contribution in [0.25, 0.3) is 0 Å². The number of cyclic esters (lactones) is 1. The summed E-state index contributed by atoms with van der Waals surface area (Å²) in [7, 11) is 0. The van der Waals surface area contributed by atoms with Crippen molar-refractivity contribution in [1.29, 1.82) is 0 Å². The number of hydrogen-bond acceptors (Lipinski definition) is 3. The highest BCUT2D eigenvalue weighted by Gasteiger charge is 2.34. The molecule has 1 N–H and O–H groups in total. The Hall–Kier alpha value is -1.26. The summed E-state index contributed by atoms with van der Waals surface area (Å²) >= 11 is 0. The van der Waals surface area contributed by atoms with Crippen LogP contribution in [0.4, 0.5) is 4.79 Å². The van der Waals surface area contributed by atoms with Gasteiger partial charge in [0.2, 0.25) is 0 Å². The molecule has 0 aliphatic carbocycles. The van der Waals surface area contributed by atoms with Crippen LogP contribution in [0.1, 0.15) is 20.3 Å². The maximum Gasteiger partial charge on any atom is 0.410 e. The SMILES string of the molecule is CC(C)CN1C(=O)OCCC1C(=O)O. The lowest BCUT2D eigenvalue weighted by atomic mass is 10.1. The van der Waals surface area contributed by atoms with Gasteiger partial charge in [-0.2, -0.15) is 0 Å². The highest BCUT2D eigenvalue weighted by Crippen LogP contribution is 2.15. The van der Waals surface area contributed by atoms with E-state index in [1.165, 1.54) is 4.90 Å². The minimum absolute atomic E-state index is 0.199. The molecule has 1 atom stereocenters. The smallest absolute Gasteiger partial charge is 0.410 e. The van der Waals surface area contributed by atoms with E-state index in [2.05, 4.69) is 0 Å². The first-order valence-electron chi connectivity index (χ1n) is 4.68. The molecular weight excluding hydrogens is 186 g/mol. The molecule has 5 nitrogen and oxygen atoms in total. The molecule has 1 unspecified atom stereocenters. The highest BCUT2D eigenvalue weighted by molar-refractivity contribution is 5.80. The van der Waals surface area contributed by atoms with Gasteiger partial charge in [-0.05, 0) is 5.92 Å². The summed E-state index contributed by atoms with van der Waals surface area (Å²) in [6.07, 6.45) is -0.147. The number of hydrogen-bond donors (Lipinski definition) is 1. The van der Waals surface area contributed by atoms with Crippen molar-refractivity contribution < 1.29 is 19.4 Å². The fourth-order valence-corrected chi connectivity index (χ4v) is 1.48. The third kappa shape index (κ3) is 2.37. The van der Waals surface area contributed by atoms with Crippen LogP contribution in [0.15, 0.2) is 0 Å². The lowest BCUT2D eigenvalue weighted by Crippen LogP contribution is -2.50. The lowest BCUT2D eigenvalue weighted by Gasteiger charge is -2.33. The number of carboxylic acid groups (broad SMARTS) is 1. The van der Waals surface area contributed by atoms with Gasteiger partial charge in [-0.3, -0.25) is 4.90 Å². The molecule has 14 heavy (non-hydrogen) atoms. The second-order valence-corrected chi connectivity index (χ2v) is 3.80. The van der Waals surface area contributed by atoms with Gasteiger partial charge in [-0.1, -0.05) is 13.8 Å². The van der Waals surface area contributed by atoms with Crippen LogP contribution in [0.2, 0.25) is 0 Å². The third-order valence-electron chi connectivity index (χ3n) is 2.07. The van der Waals surface area contributed by atoms with Gasteiger partial charge in [0.1, 0.15) is 6.04 Å². The molecule has 0 radical (unpaired) electrons. The van der Waals surface area contributed by atoms with Crippen molar-refractivity contribution in [2.45, 2.75) is 26.3 Å². The topological polar surface area (TPSA) is 66.8 Å². The third-order valence-corrected chi connectivity index (χ3v) is 2.07. The fraction of sp³-hybridized carbons (Fsp3) is 0.778. The summed E-state index contributed by atoms with van der Waals surface area (Å²) in [4.78, 5) is 23.4. The molecular formula is C9H15NO4. The monoisotopic (exact) mass is 201 g/mol. The summed E-state index contributed by atoms with van der Waals surface area (Å²) in [6, 6.07) is -0.723. The first kappa shape index (κ1) is 10.8. The second-order valence-electron chi connectivity index (χ2n) is 3.80. The molecule has 1 amide bonds. The summed E-state index contributed by atoms with van der Waals surface area (Å²) in [6.45, 7) is 4.49. The molecule has 1 fully saturated rings. The molecule has 1 rings (SSSR count). The number of nitrogens with zero attached hydrogens (tertiary/aromatic N) is 1. The van der Waals surface area contributed by atoms with Gasteiger partial charge < -0.3 is 9.84 Å². The number of ether oxygens (including phenoxy) is 1. The molecule has 0 aromatic heterocycles. The molecule has 80 valence electrons. The van der Waals surface area contributed by atoms with Crippen molar-refractivity contribution in [1.82, 2.24) is 4.90 Å². The largest absolute Gasteiger partial charge is 0.480 e. The van der Waals surface area contributed by atoms with Crippen LogP contribution >= 0.6 is 0 Å². The Kier molecular flexibility index (Phi) is 3.33. The quantitative estimate of drug-likeness (QED) is 0.737. The predicted molar refractivity (Wildman–Crippen MR) is 48.9 cm³/mol. The van der Waals surface area contributed by atoms with Gasteiger partial charge >= 0.3 is 12.1 Å². The van der Waals surface area contributed by atoms with E-state index in [9.17, 15) is 9.59 Å². The maximum atomic E-state index is 11.3. The number of amides is 1. The van der Waals surface area contributed by atoms with Gasteiger partial charge in [0.25, 0.3) is 0 Å². The molecule has 5 heteroatoms. The zero-order valence-electron chi connectivity index (χ0n) is 8.40. The summed E-state index contributed by atoms with van der Waals surface area (Å²) in [5.74, 6) is -0.718. The minimum Gasteiger partial charge on any atom is -0.480 e. The van der Waals surface area contributed by atoms with Crippen molar-refractivity contribution in [3.05, 3.63) is 0 Å². The van der Waals surface area contributed by atoms with Crippen molar-refractivity contribution in [2.75, 3.05) is 13.2 Å². The Morgan fingerprint density at radius 2 is 2.36 bits per heavy atom. The Bertz CT molecular complexity index is 239. The molecule has 0 bridgehead atoms. The number of rotatable bonds is 3. The van der Waals surface area contributed by atoms with Crippen LogP contribution < -0.4 is 0 Å². The van der Waals surface area contributed by atoms with Gasteiger partial charge in [0, 0.05) is 13.0 Å². The normalized spacial score (nSPS) is 22.4. The maximum absolute atomic E-state index is 11.3. The van der Waals surface area contributed by atoms with Crippen LogP contribution in [0.5, 0.6) is 0 Å². The standard InChI is InChI=1S/C9H15NO4/c1-6(2)5-10-7(8(11)12)3-4-14-9(10)13/h6-7H,3-5H2,1-2H3,(H,11,12). The van der Waals surface area contributed by atoms with E-state index >= 15 is 0 Å². The molecule has 0 saturated carbocycles. The van der Waals surface area contributed by atoms with Crippen LogP contribution in [0, 0.1) is 5.92 Å². The van der Waals surface area contributed by atoms with E-state index in [0.29, 0.717) is 13.0 Å². The molecule has 1 aliphatic rings. The molecule has 0 aromatic carbocycles. The molecule has 0 aromatic rings. The number of carboxylic acids is 1. The zero-order chi connectivity index (χ0) is 10.7. The minimum atomic E-state index is -0.956. The van der Waals surface area contributed by atoms with Gasteiger partial charge in [-0.25, -0.2) is 9.59 Å². The van der Waals surface area contributed by atoms with Gasteiger partial charge in [-0.15, -0.1) is 0 Å². The van der Waals surface area contributed by atoms with Crippen LogP contribution in [-0.2, 0) is 9.53 Å². The lowest BCUT2D eigenvalue weighted by molar-refractivity contribution is -0.145. The van der Waals surface area contributed by atoms with Crippen LogP contribution in [-0.4, -0.2) is 41.3 Å². The number of aliphatic carboxylic acids is 1. The van der Waals surface area contributed by atoms with E-state index in [4.69, 9.17) is 9.84 Å². The average molecular weight is 201 g/mol. The second kappa shape index (κ2) is 4.30. The summed E-state index contributed by atoms with van der Waals surface area (Å²) < 4.78 is 4.80. The van der Waals surface area contributed by atoms with E-state index in [1.54, 1.807) is 0 Å². The van der Waals surface area contributed by atoms with E-state index in [0.717, 1.165) is 0 Å². The van der Waals surface area contributed by atoms with Crippen molar-refractivity contribution in [2.24, 2.45) is 5.92 Å². The number of carbonyl (C=O) groups is 2. The first-order chi connectivity index (χ1) is 6.52. The summed E-state index contributed by atoms with van der Waals surface area (Å²) in [5, 5.41) is 8.89.